The second kappa shape index (κ2) is 15.4. The van der Waals surface area contributed by atoms with Crippen molar-refractivity contribution in [3.05, 3.63) is 42.0 Å². The molecule has 0 saturated carbocycles. The van der Waals surface area contributed by atoms with Gasteiger partial charge in [0.2, 0.25) is 24.0 Å². The van der Waals surface area contributed by atoms with Gasteiger partial charge in [0.15, 0.2) is 6.10 Å². The van der Waals surface area contributed by atoms with Crippen LogP contribution in [0.4, 0.5) is 5.69 Å². The molecular weight excluding hydrogens is 556 g/mol. The van der Waals surface area contributed by atoms with E-state index in [2.05, 4.69) is 16.0 Å². The molecule has 2 heterocycles. The summed E-state index contributed by atoms with van der Waals surface area (Å²) >= 11 is 0. The van der Waals surface area contributed by atoms with Gasteiger partial charge in [-0.3, -0.25) is 28.9 Å². The molecule has 3 unspecified atom stereocenters. The minimum absolute atomic E-state index is 0.0246. The van der Waals surface area contributed by atoms with Crippen LogP contribution in [0.25, 0.3) is 6.08 Å². The van der Waals surface area contributed by atoms with Gasteiger partial charge in [0.1, 0.15) is 12.3 Å². The van der Waals surface area contributed by atoms with E-state index in [1.54, 1.807) is 37.5 Å². The van der Waals surface area contributed by atoms with Crippen LogP contribution < -0.4 is 20.7 Å². The highest BCUT2D eigenvalue weighted by atomic mass is 16.7. The molecular formula is C27H32N4O11. The van der Waals surface area contributed by atoms with Gasteiger partial charge in [-0.2, -0.15) is 0 Å². The van der Waals surface area contributed by atoms with E-state index in [1.165, 1.54) is 0 Å². The molecule has 0 bridgehead atoms. The number of aliphatic hydroxyl groups excluding tert-OH is 1. The molecule has 2 aliphatic heterocycles. The zero-order valence-electron chi connectivity index (χ0n) is 22.7. The van der Waals surface area contributed by atoms with Crippen molar-refractivity contribution >= 4 is 47.3 Å². The number of ether oxygens (including phenoxy) is 3. The molecule has 3 atom stereocenters. The van der Waals surface area contributed by atoms with Crippen molar-refractivity contribution in [2.75, 3.05) is 38.7 Å². The third-order valence-corrected chi connectivity index (χ3v) is 5.97. The number of carbonyl (C=O) groups excluding carboxylic acids is 5. The van der Waals surface area contributed by atoms with Gasteiger partial charge in [0.25, 0.3) is 11.8 Å². The predicted octanol–water partition coefficient (Wildman–Crippen LogP) is -0.838. The molecule has 0 aliphatic carbocycles. The highest BCUT2D eigenvalue weighted by Crippen LogP contribution is 2.31. The lowest BCUT2D eigenvalue weighted by Crippen LogP contribution is -2.44. The number of aliphatic hydroxyl groups is 1. The Kier molecular flexibility index (Phi) is 11.7. The van der Waals surface area contributed by atoms with Crippen molar-refractivity contribution in [2.24, 2.45) is 0 Å². The van der Waals surface area contributed by atoms with Crippen molar-refractivity contribution in [1.29, 1.82) is 0 Å². The normalized spacial score (nSPS) is 20.0. The van der Waals surface area contributed by atoms with Crippen LogP contribution in [0, 0.1) is 0 Å². The maximum atomic E-state index is 12.7. The van der Waals surface area contributed by atoms with Crippen LogP contribution in [0.1, 0.15) is 24.8 Å². The number of amides is 5. The number of nitrogens with zero attached hydrogens (tertiary/aromatic N) is 1. The van der Waals surface area contributed by atoms with Crippen LogP contribution in [0.3, 0.4) is 0 Å². The average Bonchev–Trinajstić information content (AvgIpc) is 3.25. The van der Waals surface area contributed by atoms with E-state index in [0.717, 1.165) is 17.1 Å². The Morgan fingerprint density at radius 2 is 1.81 bits per heavy atom. The third-order valence-electron chi connectivity index (χ3n) is 5.97. The second-order valence-electron chi connectivity index (χ2n) is 9.27. The highest BCUT2D eigenvalue weighted by molar-refractivity contribution is 6.14. The average molecular weight is 589 g/mol. The van der Waals surface area contributed by atoms with E-state index in [4.69, 9.17) is 14.2 Å². The number of nitrogens with one attached hydrogen (secondary N) is 3. The number of carbonyl (C=O) groups is 6. The third kappa shape index (κ3) is 9.79. The molecule has 42 heavy (non-hydrogen) atoms. The lowest BCUT2D eigenvalue weighted by molar-refractivity contribution is -0.195. The molecule has 2 aliphatic rings. The van der Waals surface area contributed by atoms with Gasteiger partial charge in [-0.25, -0.2) is 4.79 Å². The van der Waals surface area contributed by atoms with Crippen molar-refractivity contribution in [1.82, 2.24) is 15.5 Å². The van der Waals surface area contributed by atoms with Gasteiger partial charge in [-0.15, -0.1) is 0 Å². The molecule has 1 aromatic carbocycles. The number of anilines is 1. The summed E-state index contributed by atoms with van der Waals surface area (Å²) in [5.74, 6) is -4.09. The number of imide groups is 1. The summed E-state index contributed by atoms with van der Waals surface area (Å²) in [6.07, 6.45) is 2.12. The van der Waals surface area contributed by atoms with E-state index >= 15 is 0 Å². The first-order chi connectivity index (χ1) is 20.0. The topological polar surface area (TPSA) is 210 Å². The minimum atomic E-state index is -1.25. The largest absolute Gasteiger partial charge is 0.479 e. The molecule has 3 rings (SSSR count). The van der Waals surface area contributed by atoms with E-state index in [9.17, 15) is 39.0 Å². The first-order valence-electron chi connectivity index (χ1n) is 12.9. The first kappa shape index (κ1) is 31.9. The Morgan fingerprint density at radius 3 is 2.50 bits per heavy atom. The minimum Gasteiger partial charge on any atom is -0.479 e. The van der Waals surface area contributed by atoms with E-state index in [1.807, 2.05) is 0 Å². The molecule has 1 fully saturated rings. The lowest BCUT2D eigenvalue weighted by Gasteiger charge is -2.31. The van der Waals surface area contributed by atoms with E-state index in [-0.39, 0.29) is 37.2 Å². The number of hydrogen-bond acceptors (Lipinski definition) is 10. The molecule has 15 nitrogen and oxygen atoms in total. The van der Waals surface area contributed by atoms with Crippen LogP contribution in [0.15, 0.2) is 36.4 Å². The fraction of sp³-hybridized carbons (Fsp3) is 0.407. The van der Waals surface area contributed by atoms with Gasteiger partial charge < -0.3 is 40.4 Å². The Morgan fingerprint density at radius 1 is 1.07 bits per heavy atom. The van der Waals surface area contributed by atoms with Crippen molar-refractivity contribution in [2.45, 2.75) is 37.8 Å². The van der Waals surface area contributed by atoms with E-state index < -0.39 is 67.1 Å². The predicted molar refractivity (Wildman–Crippen MR) is 145 cm³/mol. The molecule has 5 N–H and O–H groups in total. The number of carboxylic acid groups (broad SMARTS) is 1. The number of aliphatic carboxylic acids is 1. The van der Waals surface area contributed by atoms with Crippen LogP contribution in [-0.2, 0) is 38.2 Å². The summed E-state index contributed by atoms with van der Waals surface area (Å²) in [4.78, 5) is 71.8. The summed E-state index contributed by atoms with van der Waals surface area (Å²) < 4.78 is 16.2. The zero-order valence-corrected chi connectivity index (χ0v) is 22.7. The molecule has 5 amide bonds. The summed E-state index contributed by atoms with van der Waals surface area (Å²) in [5, 5.41) is 26.8. The van der Waals surface area contributed by atoms with Crippen LogP contribution >= 0.6 is 0 Å². The Balaban J connectivity index is 1.53. The molecule has 0 radical (unpaired) electrons. The number of rotatable bonds is 14. The highest BCUT2D eigenvalue weighted by Gasteiger charge is 2.34. The smallest absolute Gasteiger partial charge is 0.333 e. The fourth-order valence-corrected chi connectivity index (χ4v) is 3.92. The van der Waals surface area contributed by atoms with Crippen LogP contribution in [0.5, 0.6) is 5.75 Å². The maximum absolute atomic E-state index is 12.7. The van der Waals surface area contributed by atoms with Crippen LogP contribution in [-0.4, -0.2) is 102 Å². The van der Waals surface area contributed by atoms with Gasteiger partial charge in [-0.05, 0) is 17.7 Å². The molecule has 15 heteroatoms. The number of hydrogen-bond donors (Lipinski definition) is 5. The maximum Gasteiger partial charge on any atom is 0.333 e. The van der Waals surface area contributed by atoms with Gasteiger partial charge in [0, 0.05) is 45.1 Å². The summed E-state index contributed by atoms with van der Waals surface area (Å²) in [5.41, 5.74) is 0.939. The van der Waals surface area contributed by atoms with Gasteiger partial charge >= 0.3 is 5.97 Å². The number of carboxylic acids is 1. The van der Waals surface area contributed by atoms with Crippen molar-refractivity contribution < 1.29 is 53.2 Å². The van der Waals surface area contributed by atoms with Crippen molar-refractivity contribution in [3.63, 3.8) is 0 Å². The molecule has 226 valence electrons. The molecule has 1 aromatic rings. The lowest BCUT2D eigenvalue weighted by atomic mass is 10.1. The quantitative estimate of drug-likeness (QED) is 0.169. The standard InChI is InChI=1S/C27H32N4O11/c1-40-10-2-3-16-4-5-19(41-26-13-17(32)12-20(42-26)27(38)39)18(11-16)30-21(33)8-9-28-22(34)14-29-23(35)15-31-24(36)6-7-25(31)37/h2-7,11,17,20,26,32H,8-10,12-15H2,1H3,(H,28,34)(H,29,35)(H,30,33)(H,38,39)/b3-2+. The number of methoxy groups -OCH3 is 1. The summed E-state index contributed by atoms with van der Waals surface area (Å²) in [6.45, 7) is -0.666. The monoisotopic (exact) mass is 588 g/mol. The van der Waals surface area contributed by atoms with Crippen LogP contribution in [0.2, 0.25) is 0 Å². The Hall–Kier alpha value is -4.60. The fourth-order valence-electron chi connectivity index (χ4n) is 3.92. The summed E-state index contributed by atoms with van der Waals surface area (Å²) in [7, 11) is 1.54. The molecule has 1 saturated heterocycles. The summed E-state index contributed by atoms with van der Waals surface area (Å²) in [6, 6.07) is 4.88. The van der Waals surface area contributed by atoms with Gasteiger partial charge in [-0.1, -0.05) is 18.2 Å². The van der Waals surface area contributed by atoms with Gasteiger partial charge in [0.05, 0.1) is 24.9 Å². The van der Waals surface area contributed by atoms with Crippen molar-refractivity contribution in [3.8, 4) is 5.75 Å². The Bertz CT molecular complexity index is 1240. The Labute approximate surface area is 240 Å². The SMILES string of the molecule is COC/C=C/c1ccc(OC2CC(O)CC(C(=O)O)O2)c(NC(=O)CCNC(=O)CNC(=O)CN2C(=O)C=CC2=O)c1. The zero-order chi connectivity index (χ0) is 30.6. The molecule has 0 aromatic heterocycles. The second-order valence-corrected chi connectivity index (χ2v) is 9.27. The van der Waals surface area contributed by atoms with E-state index in [0.29, 0.717) is 12.2 Å². The molecule has 0 spiro atoms. The first-order valence-corrected chi connectivity index (χ1v) is 12.9. The number of benzene rings is 1.